The van der Waals surface area contributed by atoms with Crippen LogP contribution in [-0.2, 0) is 0 Å². The molecule has 0 aliphatic carbocycles. The van der Waals surface area contributed by atoms with E-state index in [2.05, 4.69) is 10.5 Å². The second kappa shape index (κ2) is 7.31. The summed E-state index contributed by atoms with van der Waals surface area (Å²) in [6, 6.07) is 14.9. The lowest BCUT2D eigenvalue weighted by atomic mass is 10.2. The molecule has 0 bridgehead atoms. The molecule has 132 valence electrons. The summed E-state index contributed by atoms with van der Waals surface area (Å²) >= 11 is 0. The Hall–Kier alpha value is -3.28. The lowest BCUT2D eigenvalue weighted by Crippen LogP contribution is -2.18. The van der Waals surface area contributed by atoms with Crippen molar-refractivity contribution in [3.8, 4) is 5.69 Å². The minimum atomic E-state index is -0.745. The molecule has 0 aliphatic rings. The van der Waals surface area contributed by atoms with Crippen molar-refractivity contribution in [1.29, 1.82) is 0 Å². The molecule has 0 aliphatic heterocycles. The number of hydrazone groups is 1. The van der Waals surface area contributed by atoms with Gasteiger partial charge in [0, 0.05) is 17.1 Å². The normalized spacial score (nSPS) is 11.1. The molecule has 0 unspecified atom stereocenters. The van der Waals surface area contributed by atoms with Crippen LogP contribution in [0.3, 0.4) is 0 Å². The summed E-state index contributed by atoms with van der Waals surface area (Å²) < 4.78 is 29.1. The number of benzene rings is 2. The van der Waals surface area contributed by atoms with Crippen LogP contribution in [0.15, 0.2) is 59.7 Å². The van der Waals surface area contributed by atoms with Crippen LogP contribution in [0.5, 0.6) is 0 Å². The highest BCUT2D eigenvalue weighted by atomic mass is 19.1. The van der Waals surface area contributed by atoms with Gasteiger partial charge >= 0.3 is 0 Å². The quantitative estimate of drug-likeness (QED) is 0.556. The molecule has 1 heterocycles. The van der Waals surface area contributed by atoms with Crippen molar-refractivity contribution < 1.29 is 13.6 Å². The predicted octanol–water partition coefficient (Wildman–Crippen LogP) is 4.14. The molecule has 26 heavy (non-hydrogen) atoms. The van der Waals surface area contributed by atoms with Crippen molar-refractivity contribution in [2.75, 3.05) is 0 Å². The fourth-order valence-corrected chi connectivity index (χ4v) is 2.82. The molecular weight excluding hydrogens is 336 g/mol. The highest BCUT2D eigenvalue weighted by molar-refractivity contribution is 5.96. The Labute approximate surface area is 149 Å². The first-order valence-electron chi connectivity index (χ1n) is 8.01. The molecule has 1 amide bonds. The topological polar surface area (TPSA) is 46.4 Å². The van der Waals surface area contributed by atoms with Crippen molar-refractivity contribution in [2.24, 2.45) is 5.10 Å². The Bertz CT molecular complexity index is 958. The average molecular weight is 353 g/mol. The number of halogens is 2. The standard InChI is InChI=1S/C20H17F2N3O/c1-13-11-16(14(2)25(13)15-7-4-3-5-8-15)20(26)24-23-12-17-18(21)9-6-10-19(17)22/h3-12H,1-2H3,(H,24,26)/b23-12+. The molecule has 3 aromatic rings. The number of aryl methyl sites for hydroxylation is 1. The minimum absolute atomic E-state index is 0.303. The van der Waals surface area contributed by atoms with Gasteiger partial charge in [0.05, 0.1) is 17.3 Å². The van der Waals surface area contributed by atoms with Crippen LogP contribution in [0.2, 0.25) is 0 Å². The van der Waals surface area contributed by atoms with Gasteiger partial charge in [0.1, 0.15) is 11.6 Å². The molecule has 0 radical (unpaired) electrons. The third kappa shape index (κ3) is 3.39. The van der Waals surface area contributed by atoms with E-state index in [0.29, 0.717) is 5.56 Å². The van der Waals surface area contributed by atoms with Gasteiger partial charge in [-0.1, -0.05) is 24.3 Å². The van der Waals surface area contributed by atoms with E-state index >= 15 is 0 Å². The molecule has 0 spiro atoms. The summed E-state index contributed by atoms with van der Waals surface area (Å²) in [5.74, 6) is -1.94. The van der Waals surface area contributed by atoms with Crippen molar-refractivity contribution in [3.63, 3.8) is 0 Å². The summed E-state index contributed by atoms with van der Waals surface area (Å²) in [5.41, 5.74) is 5.04. The smallest absolute Gasteiger partial charge is 0.273 e. The van der Waals surface area contributed by atoms with Crippen LogP contribution in [0, 0.1) is 25.5 Å². The van der Waals surface area contributed by atoms with Gasteiger partial charge in [-0.25, -0.2) is 14.2 Å². The summed E-state index contributed by atoms with van der Waals surface area (Å²) in [7, 11) is 0. The van der Waals surface area contributed by atoms with E-state index in [0.717, 1.165) is 35.4 Å². The Morgan fingerprint density at radius 1 is 1.04 bits per heavy atom. The maximum atomic E-state index is 13.6. The van der Waals surface area contributed by atoms with E-state index in [1.807, 2.05) is 48.7 Å². The number of hydrogen-bond donors (Lipinski definition) is 1. The maximum absolute atomic E-state index is 13.6. The largest absolute Gasteiger partial charge is 0.318 e. The lowest BCUT2D eigenvalue weighted by molar-refractivity contribution is 0.0954. The highest BCUT2D eigenvalue weighted by Gasteiger charge is 2.16. The second-order valence-electron chi connectivity index (χ2n) is 5.79. The first kappa shape index (κ1) is 17.5. The van der Waals surface area contributed by atoms with Gasteiger partial charge in [0.25, 0.3) is 5.91 Å². The molecule has 4 nitrogen and oxygen atoms in total. The summed E-state index contributed by atoms with van der Waals surface area (Å²) in [6.45, 7) is 3.73. The second-order valence-corrected chi connectivity index (χ2v) is 5.79. The summed E-state index contributed by atoms with van der Waals surface area (Å²) in [4.78, 5) is 12.4. The summed E-state index contributed by atoms with van der Waals surface area (Å²) in [6.07, 6.45) is 0.957. The number of aromatic nitrogens is 1. The van der Waals surface area contributed by atoms with Gasteiger partial charge in [-0.3, -0.25) is 4.79 Å². The maximum Gasteiger partial charge on any atom is 0.273 e. The first-order valence-corrected chi connectivity index (χ1v) is 8.01. The number of hydrogen-bond acceptors (Lipinski definition) is 2. The minimum Gasteiger partial charge on any atom is -0.318 e. The third-order valence-electron chi connectivity index (χ3n) is 4.05. The first-order chi connectivity index (χ1) is 12.5. The lowest BCUT2D eigenvalue weighted by Gasteiger charge is -2.09. The Kier molecular flexibility index (Phi) is 4.93. The van der Waals surface area contributed by atoms with Crippen molar-refractivity contribution in [3.05, 3.63) is 88.7 Å². The molecule has 3 rings (SSSR count). The van der Waals surface area contributed by atoms with E-state index in [9.17, 15) is 13.6 Å². The molecule has 6 heteroatoms. The van der Waals surface area contributed by atoms with Gasteiger partial charge in [0.2, 0.25) is 0 Å². The molecule has 1 aromatic heterocycles. The zero-order valence-electron chi connectivity index (χ0n) is 14.3. The Morgan fingerprint density at radius 2 is 1.69 bits per heavy atom. The fraction of sp³-hybridized carbons (Fsp3) is 0.100. The number of rotatable bonds is 4. The molecule has 0 saturated carbocycles. The molecule has 1 N–H and O–H groups in total. The number of nitrogens with zero attached hydrogens (tertiary/aromatic N) is 2. The zero-order chi connectivity index (χ0) is 18.7. The SMILES string of the molecule is Cc1cc(C(=O)N/N=C/c2c(F)cccc2F)c(C)n1-c1ccccc1. The van der Waals surface area contributed by atoms with Gasteiger partial charge < -0.3 is 4.57 Å². The number of carbonyl (C=O) groups excluding carboxylic acids is 1. The molecule has 2 aromatic carbocycles. The van der Waals surface area contributed by atoms with Gasteiger partial charge in [-0.2, -0.15) is 5.10 Å². The molecule has 0 atom stereocenters. The van der Waals surface area contributed by atoms with E-state index < -0.39 is 17.5 Å². The van der Waals surface area contributed by atoms with Crippen LogP contribution in [0.1, 0.15) is 27.3 Å². The van der Waals surface area contributed by atoms with Gasteiger partial charge in [-0.05, 0) is 44.2 Å². The summed E-state index contributed by atoms with van der Waals surface area (Å²) in [5, 5.41) is 3.68. The van der Waals surface area contributed by atoms with E-state index in [-0.39, 0.29) is 5.56 Å². The molecule has 0 fully saturated rings. The van der Waals surface area contributed by atoms with E-state index in [1.54, 1.807) is 6.07 Å². The number of para-hydroxylation sites is 1. The third-order valence-corrected chi connectivity index (χ3v) is 4.05. The van der Waals surface area contributed by atoms with E-state index in [4.69, 9.17) is 0 Å². The van der Waals surface area contributed by atoms with Gasteiger partial charge in [-0.15, -0.1) is 0 Å². The van der Waals surface area contributed by atoms with Crippen LogP contribution < -0.4 is 5.43 Å². The number of nitrogens with one attached hydrogen (secondary N) is 1. The van der Waals surface area contributed by atoms with Crippen LogP contribution in [0.4, 0.5) is 8.78 Å². The van der Waals surface area contributed by atoms with Gasteiger partial charge in [0.15, 0.2) is 0 Å². The van der Waals surface area contributed by atoms with E-state index in [1.165, 1.54) is 6.07 Å². The number of carbonyl (C=O) groups is 1. The monoisotopic (exact) mass is 353 g/mol. The Morgan fingerprint density at radius 3 is 2.35 bits per heavy atom. The van der Waals surface area contributed by atoms with Crippen molar-refractivity contribution >= 4 is 12.1 Å². The molecule has 0 saturated heterocycles. The van der Waals surface area contributed by atoms with Crippen molar-refractivity contribution in [1.82, 2.24) is 9.99 Å². The fourth-order valence-electron chi connectivity index (χ4n) is 2.82. The van der Waals surface area contributed by atoms with Crippen LogP contribution >= 0.6 is 0 Å². The average Bonchev–Trinajstić information content (AvgIpc) is 2.92. The van der Waals surface area contributed by atoms with Crippen molar-refractivity contribution in [2.45, 2.75) is 13.8 Å². The highest BCUT2D eigenvalue weighted by Crippen LogP contribution is 2.20. The number of amides is 1. The van der Waals surface area contributed by atoms with Crippen LogP contribution in [-0.4, -0.2) is 16.7 Å². The Balaban J connectivity index is 1.82. The zero-order valence-corrected chi connectivity index (χ0v) is 14.3. The predicted molar refractivity (Wildman–Crippen MR) is 96.7 cm³/mol. The van der Waals surface area contributed by atoms with Crippen LogP contribution in [0.25, 0.3) is 5.69 Å². The molecular formula is C20H17F2N3O.